The number of anilines is 2. The van der Waals surface area contributed by atoms with E-state index in [4.69, 9.17) is 0 Å². The number of aromatic carboxylic acids is 1. The maximum absolute atomic E-state index is 13.4. The van der Waals surface area contributed by atoms with Gasteiger partial charge in [-0.2, -0.15) is 4.68 Å². The lowest BCUT2D eigenvalue weighted by Gasteiger charge is -2.29. The fraction of sp³-hybridized carbons (Fsp3) is 0.190. The number of aromatic nitrogens is 4. The molecule has 4 rings (SSSR count). The van der Waals surface area contributed by atoms with E-state index in [0.29, 0.717) is 28.5 Å². The summed E-state index contributed by atoms with van der Waals surface area (Å²) >= 11 is 0. The number of hydrogen-bond donors (Lipinski definition) is 3. The molecule has 2 aromatic carbocycles. The lowest BCUT2D eigenvalue weighted by Crippen LogP contribution is -2.32. The number of rotatable bonds is 4. The predicted molar refractivity (Wildman–Crippen MR) is 110 cm³/mol. The SMILES string of the molecule is CC1=C(C(=O)Nc2cccc(C)c2C)C(c2ccccc2C(=O)O)n2nnnc2N1. The second-order valence-electron chi connectivity index (χ2n) is 7.11. The van der Waals surface area contributed by atoms with Crippen molar-refractivity contribution in [2.45, 2.75) is 26.8 Å². The van der Waals surface area contributed by atoms with Gasteiger partial charge in [-0.25, -0.2) is 4.79 Å². The predicted octanol–water partition coefficient (Wildman–Crippen LogP) is 2.92. The molecule has 0 bridgehead atoms. The van der Waals surface area contributed by atoms with Gasteiger partial charge in [0.1, 0.15) is 6.04 Å². The van der Waals surface area contributed by atoms with Crippen LogP contribution in [0.2, 0.25) is 0 Å². The van der Waals surface area contributed by atoms with Crippen LogP contribution in [0.1, 0.15) is 40.0 Å². The first-order valence-electron chi connectivity index (χ1n) is 9.34. The average molecular weight is 404 g/mol. The summed E-state index contributed by atoms with van der Waals surface area (Å²) in [7, 11) is 0. The van der Waals surface area contributed by atoms with Gasteiger partial charge < -0.3 is 15.7 Å². The minimum absolute atomic E-state index is 0.0793. The highest BCUT2D eigenvalue weighted by atomic mass is 16.4. The highest BCUT2D eigenvalue weighted by Crippen LogP contribution is 2.36. The van der Waals surface area contributed by atoms with Gasteiger partial charge in [0.05, 0.1) is 11.1 Å². The molecular weight excluding hydrogens is 384 g/mol. The topological polar surface area (TPSA) is 122 Å². The van der Waals surface area contributed by atoms with Crippen LogP contribution >= 0.6 is 0 Å². The molecule has 1 aliphatic rings. The third-order valence-corrected chi connectivity index (χ3v) is 5.30. The van der Waals surface area contributed by atoms with Crippen LogP contribution in [-0.2, 0) is 4.79 Å². The summed E-state index contributed by atoms with van der Waals surface area (Å²) in [6.07, 6.45) is 0. The summed E-state index contributed by atoms with van der Waals surface area (Å²) in [5, 5.41) is 27.3. The number of aryl methyl sites for hydroxylation is 1. The number of allylic oxidation sites excluding steroid dienone is 1. The summed E-state index contributed by atoms with van der Waals surface area (Å²) in [5.74, 6) is -1.12. The molecule has 1 unspecified atom stereocenters. The summed E-state index contributed by atoms with van der Waals surface area (Å²) in [5.41, 5.74) is 4.08. The van der Waals surface area contributed by atoms with E-state index in [9.17, 15) is 14.7 Å². The molecule has 152 valence electrons. The zero-order chi connectivity index (χ0) is 21.4. The van der Waals surface area contributed by atoms with Gasteiger partial charge in [0.15, 0.2) is 0 Å². The molecule has 3 aromatic rings. The number of tetrazole rings is 1. The first kappa shape index (κ1) is 19.3. The van der Waals surface area contributed by atoms with Gasteiger partial charge in [-0.1, -0.05) is 35.4 Å². The van der Waals surface area contributed by atoms with Crippen LogP contribution in [0, 0.1) is 13.8 Å². The van der Waals surface area contributed by atoms with Gasteiger partial charge in [0.2, 0.25) is 5.95 Å². The Morgan fingerprint density at radius 1 is 1.10 bits per heavy atom. The number of amides is 1. The number of carboxylic acid groups (broad SMARTS) is 1. The van der Waals surface area contributed by atoms with Gasteiger partial charge in [-0.15, -0.1) is 0 Å². The van der Waals surface area contributed by atoms with Crippen LogP contribution in [0.25, 0.3) is 0 Å². The zero-order valence-electron chi connectivity index (χ0n) is 16.7. The molecule has 2 heterocycles. The third kappa shape index (κ3) is 3.20. The van der Waals surface area contributed by atoms with E-state index in [1.807, 2.05) is 32.0 Å². The van der Waals surface area contributed by atoms with Crippen molar-refractivity contribution in [1.82, 2.24) is 20.2 Å². The Labute approximate surface area is 172 Å². The van der Waals surface area contributed by atoms with Crippen molar-refractivity contribution >= 4 is 23.5 Å². The Morgan fingerprint density at radius 3 is 2.63 bits per heavy atom. The number of carbonyl (C=O) groups is 2. The second-order valence-corrected chi connectivity index (χ2v) is 7.11. The Bertz CT molecular complexity index is 1200. The molecule has 1 amide bonds. The van der Waals surface area contributed by atoms with E-state index in [0.717, 1.165) is 11.1 Å². The first-order chi connectivity index (χ1) is 14.4. The monoisotopic (exact) mass is 404 g/mol. The Balaban J connectivity index is 1.84. The van der Waals surface area contributed by atoms with E-state index in [2.05, 4.69) is 26.2 Å². The Hall–Kier alpha value is -4.01. The van der Waals surface area contributed by atoms with Gasteiger partial charge in [-0.05, 0) is 60.0 Å². The normalized spacial score (nSPS) is 15.4. The van der Waals surface area contributed by atoms with Gasteiger partial charge in [0.25, 0.3) is 5.91 Å². The van der Waals surface area contributed by atoms with Crippen LogP contribution in [0.3, 0.4) is 0 Å². The number of fused-ring (bicyclic) bond motifs is 1. The molecule has 1 aromatic heterocycles. The quantitative estimate of drug-likeness (QED) is 0.611. The number of carbonyl (C=O) groups excluding carboxylic acids is 1. The smallest absolute Gasteiger partial charge is 0.336 e. The van der Waals surface area contributed by atoms with E-state index < -0.39 is 12.0 Å². The number of carboxylic acids is 1. The summed E-state index contributed by atoms with van der Waals surface area (Å²) < 4.78 is 1.42. The van der Waals surface area contributed by atoms with Gasteiger partial charge in [0, 0.05) is 11.4 Å². The largest absolute Gasteiger partial charge is 0.478 e. The molecular formula is C21H20N6O3. The summed E-state index contributed by atoms with van der Waals surface area (Å²) in [6.45, 7) is 5.64. The Kier molecular flexibility index (Phi) is 4.78. The molecule has 0 aliphatic carbocycles. The van der Waals surface area contributed by atoms with Crippen molar-refractivity contribution in [3.8, 4) is 0 Å². The molecule has 0 spiro atoms. The number of benzene rings is 2. The van der Waals surface area contributed by atoms with Crippen LogP contribution < -0.4 is 10.6 Å². The van der Waals surface area contributed by atoms with E-state index in [1.54, 1.807) is 25.1 Å². The van der Waals surface area contributed by atoms with Crippen LogP contribution in [0.4, 0.5) is 11.6 Å². The van der Waals surface area contributed by atoms with Crippen LogP contribution in [0.15, 0.2) is 53.7 Å². The lowest BCUT2D eigenvalue weighted by molar-refractivity contribution is -0.113. The number of hydrogen-bond acceptors (Lipinski definition) is 6. The highest BCUT2D eigenvalue weighted by Gasteiger charge is 2.36. The molecule has 1 aliphatic heterocycles. The third-order valence-electron chi connectivity index (χ3n) is 5.30. The molecule has 0 saturated heterocycles. The lowest BCUT2D eigenvalue weighted by atomic mass is 9.91. The summed E-state index contributed by atoms with van der Waals surface area (Å²) in [6, 6.07) is 11.4. The second kappa shape index (κ2) is 7.43. The molecule has 0 radical (unpaired) electrons. The minimum atomic E-state index is -1.09. The fourth-order valence-corrected chi connectivity index (χ4v) is 3.60. The van der Waals surface area contributed by atoms with Crippen LogP contribution in [-0.4, -0.2) is 37.2 Å². The summed E-state index contributed by atoms with van der Waals surface area (Å²) in [4.78, 5) is 25.3. The molecule has 0 saturated carbocycles. The van der Waals surface area contributed by atoms with Crippen molar-refractivity contribution < 1.29 is 14.7 Å². The van der Waals surface area contributed by atoms with Crippen molar-refractivity contribution in [3.63, 3.8) is 0 Å². The van der Waals surface area contributed by atoms with Crippen molar-refractivity contribution in [2.24, 2.45) is 0 Å². The zero-order valence-corrected chi connectivity index (χ0v) is 16.7. The number of nitrogens with one attached hydrogen (secondary N) is 2. The molecule has 3 N–H and O–H groups in total. The van der Waals surface area contributed by atoms with E-state index in [1.165, 1.54) is 10.7 Å². The highest BCUT2D eigenvalue weighted by molar-refractivity contribution is 6.06. The molecule has 0 fully saturated rings. The van der Waals surface area contributed by atoms with Crippen molar-refractivity contribution in [1.29, 1.82) is 0 Å². The average Bonchev–Trinajstić information content (AvgIpc) is 3.18. The van der Waals surface area contributed by atoms with Gasteiger partial charge >= 0.3 is 5.97 Å². The maximum Gasteiger partial charge on any atom is 0.336 e. The van der Waals surface area contributed by atoms with Gasteiger partial charge in [-0.3, -0.25) is 4.79 Å². The standard InChI is InChI=1S/C21H20N6O3/c1-11-7-6-10-16(12(11)2)23-19(28)17-13(3)22-21-24-25-26-27(21)18(17)14-8-4-5-9-15(14)20(29)30/h4-10,18H,1-3H3,(H,23,28)(H,29,30)(H,22,24,26). The fourth-order valence-electron chi connectivity index (χ4n) is 3.60. The maximum atomic E-state index is 13.4. The molecule has 9 heteroatoms. The van der Waals surface area contributed by atoms with Crippen LogP contribution in [0.5, 0.6) is 0 Å². The Morgan fingerprint density at radius 2 is 1.87 bits per heavy atom. The van der Waals surface area contributed by atoms with E-state index >= 15 is 0 Å². The van der Waals surface area contributed by atoms with Crippen molar-refractivity contribution in [3.05, 3.63) is 76.0 Å². The minimum Gasteiger partial charge on any atom is -0.478 e. The molecule has 30 heavy (non-hydrogen) atoms. The van der Waals surface area contributed by atoms with E-state index in [-0.39, 0.29) is 11.5 Å². The number of nitrogens with zero attached hydrogens (tertiary/aromatic N) is 4. The van der Waals surface area contributed by atoms with Crippen molar-refractivity contribution in [2.75, 3.05) is 10.6 Å². The molecule has 1 atom stereocenters. The first-order valence-corrected chi connectivity index (χ1v) is 9.34. The molecule has 9 nitrogen and oxygen atoms in total.